The van der Waals surface area contributed by atoms with E-state index in [4.69, 9.17) is 9.47 Å². The number of pyridine rings is 1. The van der Waals surface area contributed by atoms with Crippen LogP contribution in [0.25, 0.3) is 0 Å². The lowest BCUT2D eigenvalue weighted by Gasteiger charge is -2.35. The molecule has 0 radical (unpaired) electrons. The van der Waals surface area contributed by atoms with Crippen molar-refractivity contribution < 1.29 is 9.47 Å². The first-order valence-corrected chi connectivity index (χ1v) is 9.01. The van der Waals surface area contributed by atoms with Gasteiger partial charge in [0, 0.05) is 51.5 Å². The summed E-state index contributed by atoms with van der Waals surface area (Å²) in [5.41, 5.74) is 1.29. The number of aromatic nitrogens is 3. The maximum Gasteiger partial charge on any atom is 0.215 e. The lowest BCUT2D eigenvalue weighted by Crippen LogP contribution is -2.46. The van der Waals surface area contributed by atoms with Gasteiger partial charge in [-0.2, -0.15) is 4.98 Å². The molecule has 4 heterocycles. The summed E-state index contributed by atoms with van der Waals surface area (Å²) in [6.07, 6.45) is 2.00. The first kappa shape index (κ1) is 16.4. The maximum atomic E-state index is 5.51. The zero-order valence-electron chi connectivity index (χ0n) is 14.7. The summed E-state index contributed by atoms with van der Waals surface area (Å²) in [6, 6.07) is 5.99. The van der Waals surface area contributed by atoms with E-state index in [0.717, 1.165) is 57.5 Å². The average Bonchev–Trinajstić information content (AvgIpc) is 3.06. The number of nitrogens with zero attached hydrogens (tertiary/aromatic N) is 5. The van der Waals surface area contributed by atoms with E-state index in [1.807, 2.05) is 25.3 Å². The quantitative estimate of drug-likeness (QED) is 0.821. The van der Waals surface area contributed by atoms with Gasteiger partial charge in [-0.1, -0.05) is 6.07 Å². The van der Waals surface area contributed by atoms with E-state index >= 15 is 0 Å². The molecule has 0 unspecified atom stereocenters. The molecule has 2 aliphatic heterocycles. The highest BCUT2D eigenvalue weighted by Crippen LogP contribution is 2.19. The van der Waals surface area contributed by atoms with Gasteiger partial charge in [-0.15, -0.1) is 0 Å². The second kappa shape index (κ2) is 7.41. The van der Waals surface area contributed by atoms with Gasteiger partial charge in [-0.3, -0.25) is 4.90 Å². The van der Waals surface area contributed by atoms with Crippen LogP contribution in [0, 0.1) is 0 Å². The van der Waals surface area contributed by atoms with Crippen molar-refractivity contribution in [2.45, 2.75) is 26.6 Å². The van der Waals surface area contributed by atoms with Crippen LogP contribution in [0.4, 0.5) is 5.82 Å². The summed E-state index contributed by atoms with van der Waals surface area (Å²) in [7, 11) is 0. The topological polar surface area (TPSA) is 55.7 Å². The molecule has 1 fully saturated rings. The van der Waals surface area contributed by atoms with E-state index in [1.54, 1.807) is 0 Å². The van der Waals surface area contributed by atoms with Crippen LogP contribution < -0.4 is 9.64 Å². The predicted octanol–water partition coefficient (Wildman–Crippen LogP) is 1.53. The van der Waals surface area contributed by atoms with E-state index in [1.165, 1.54) is 5.69 Å². The number of hydrogen-bond donors (Lipinski definition) is 0. The number of fused-ring (bicyclic) bond motifs is 1. The third-order valence-electron chi connectivity index (χ3n) is 4.79. The molecular weight excluding hydrogens is 318 g/mol. The minimum absolute atomic E-state index is 0.635. The van der Waals surface area contributed by atoms with Crippen LogP contribution in [0.2, 0.25) is 0 Å². The van der Waals surface area contributed by atoms with E-state index < -0.39 is 0 Å². The molecule has 2 aromatic rings. The van der Waals surface area contributed by atoms with Crippen molar-refractivity contribution in [3.8, 4) is 5.88 Å². The lowest BCUT2D eigenvalue weighted by atomic mass is 10.2. The van der Waals surface area contributed by atoms with Crippen LogP contribution in [0.3, 0.4) is 0 Å². The summed E-state index contributed by atoms with van der Waals surface area (Å²) in [5.74, 6) is 2.76. The fourth-order valence-corrected chi connectivity index (χ4v) is 3.46. The van der Waals surface area contributed by atoms with Gasteiger partial charge in [-0.25, -0.2) is 4.98 Å². The molecule has 0 aliphatic carbocycles. The van der Waals surface area contributed by atoms with Crippen LogP contribution in [0.5, 0.6) is 5.88 Å². The Bertz CT molecular complexity index is 709. The van der Waals surface area contributed by atoms with Crippen LogP contribution in [0.1, 0.15) is 18.4 Å². The zero-order chi connectivity index (χ0) is 17.1. The standard InChI is InChI=1S/C18H25N5O2/c1-2-25-18-5-3-4-16(20-18)22-8-6-21(7-9-22)13-15-12-19-17-14-24-11-10-23(15)17/h3-5,12H,2,6-11,13-14H2,1H3. The highest BCUT2D eigenvalue weighted by Gasteiger charge is 2.21. The summed E-state index contributed by atoms with van der Waals surface area (Å²) in [6.45, 7) is 9.92. The summed E-state index contributed by atoms with van der Waals surface area (Å²) in [5, 5.41) is 0. The van der Waals surface area contributed by atoms with Crippen LogP contribution in [0.15, 0.2) is 24.4 Å². The number of hydrogen-bond acceptors (Lipinski definition) is 6. The first-order valence-electron chi connectivity index (χ1n) is 9.01. The van der Waals surface area contributed by atoms with Gasteiger partial charge in [0.15, 0.2) is 0 Å². The van der Waals surface area contributed by atoms with Gasteiger partial charge in [-0.05, 0) is 13.0 Å². The number of piperazine rings is 1. The molecule has 134 valence electrons. The Morgan fingerprint density at radius 3 is 2.88 bits per heavy atom. The van der Waals surface area contributed by atoms with Crippen molar-refractivity contribution in [2.24, 2.45) is 0 Å². The van der Waals surface area contributed by atoms with Crippen LogP contribution >= 0.6 is 0 Å². The molecule has 0 saturated carbocycles. The number of ether oxygens (including phenoxy) is 2. The molecule has 2 aromatic heterocycles. The number of rotatable bonds is 5. The molecule has 0 amide bonds. The van der Waals surface area contributed by atoms with Gasteiger partial charge in [0.25, 0.3) is 0 Å². The van der Waals surface area contributed by atoms with Crippen molar-refractivity contribution in [3.05, 3.63) is 35.9 Å². The molecule has 0 spiro atoms. The molecular formula is C18H25N5O2. The third-order valence-corrected chi connectivity index (χ3v) is 4.79. The third kappa shape index (κ3) is 3.62. The van der Waals surface area contributed by atoms with Crippen LogP contribution in [-0.4, -0.2) is 58.8 Å². The minimum Gasteiger partial charge on any atom is -0.478 e. The second-order valence-corrected chi connectivity index (χ2v) is 6.40. The van der Waals surface area contributed by atoms with Gasteiger partial charge >= 0.3 is 0 Å². The monoisotopic (exact) mass is 343 g/mol. The van der Waals surface area contributed by atoms with Crippen molar-refractivity contribution in [1.29, 1.82) is 0 Å². The van der Waals surface area contributed by atoms with Crippen LogP contribution in [-0.2, 0) is 24.4 Å². The summed E-state index contributed by atoms with van der Waals surface area (Å²) < 4.78 is 13.3. The largest absolute Gasteiger partial charge is 0.478 e. The fraction of sp³-hybridized carbons (Fsp3) is 0.556. The van der Waals surface area contributed by atoms with Gasteiger partial charge in [0.2, 0.25) is 5.88 Å². The SMILES string of the molecule is CCOc1cccc(N2CCN(Cc3cnc4n3CCOC4)CC2)n1. The number of anilines is 1. The fourth-order valence-electron chi connectivity index (χ4n) is 3.46. The Morgan fingerprint density at radius 1 is 1.16 bits per heavy atom. The van der Waals surface area contributed by atoms with Crippen molar-refractivity contribution in [3.63, 3.8) is 0 Å². The van der Waals surface area contributed by atoms with E-state index in [9.17, 15) is 0 Å². The molecule has 2 aliphatic rings. The van der Waals surface area contributed by atoms with Crippen molar-refractivity contribution in [2.75, 3.05) is 44.3 Å². The number of imidazole rings is 1. The van der Waals surface area contributed by atoms with E-state index in [2.05, 4.69) is 30.4 Å². The molecule has 7 heteroatoms. The Morgan fingerprint density at radius 2 is 2.04 bits per heavy atom. The first-order chi connectivity index (χ1) is 12.3. The normalized spacial score (nSPS) is 18.2. The summed E-state index contributed by atoms with van der Waals surface area (Å²) >= 11 is 0. The smallest absolute Gasteiger partial charge is 0.215 e. The summed E-state index contributed by atoms with van der Waals surface area (Å²) in [4.78, 5) is 13.9. The molecule has 1 saturated heterocycles. The van der Waals surface area contributed by atoms with E-state index in [0.29, 0.717) is 19.1 Å². The Kier molecular flexibility index (Phi) is 4.85. The van der Waals surface area contributed by atoms with Gasteiger partial charge in [0.05, 0.1) is 18.9 Å². The predicted molar refractivity (Wildman–Crippen MR) is 94.8 cm³/mol. The van der Waals surface area contributed by atoms with E-state index in [-0.39, 0.29) is 0 Å². The zero-order valence-corrected chi connectivity index (χ0v) is 14.7. The molecule has 4 rings (SSSR count). The molecule has 0 bridgehead atoms. The maximum absolute atomic E-state index is 5.51. The highest BCUT2D eigenvalue weighted by atomic mass is 16.5. The molecule has 0 aromatic carbocycles. The second-order valence-electron chi connectivity index (χ2n) is 6.40. The molecule has 7 nitrogen and oxygen atoms in total. The van der Waals surface area contributed by atoms with Crippen molar-refractivity contribution >= 4 is 5.82 Å². The Balaban J connectivity index is 1.35. The highest BCUT2D eigenvalue weighted by molar-refractivity contribution is 5.41. The van der Waals surface area contributed by atoms with Gasteiger partial charge in [0.1, 0.15) is 18.2 Å². The molecule has 0 N–H and O–H groups in total. The molecule has 0 atom stereocenters. The van der Waals surface area contributed by atoms with Crippen molar-refractivity contribution in [1.82, 2.24) is 19.4 Å². The molecule has 25 heavy (non-hydrogen) atoms. The minimum atomic E-state index is 0.635. The lowest BCUT2D eigenvalue weighted by molar-refractivity contribution is 0.0795. The van der Waals surface area contributed by atoms with Gasteiger partial charge < -0.3 is 18.9 Å². The Labute approximate surface area is 148 Å². The Hall–Kier alpha value is -2.12. The average molecular weight is 343 g/mol.